The quantitative estimate of drug-likeness (QED) is 0.579. The van der Waals surface area contributed by atoms with Crippen LogP contribution in [0.25, 0.3) is 0 Å². The third-order valence-electron chi connectivity index (χ3n) is 4.02. The number of aromatic amines is 1. The maximum Gasteiger partial charge on any atom is 0.340 e. The molecule has 1 N–H and O–H groups in total. The average molecular weight is 357 g/mol. The van der Waals surface area contributed by atoms with Gasteiger partial charge in [0.05, 0.1) is 17.9 Å². The summed E-state index contributed by atoms with van der Waals surface area (Å²) in [6, 6.07) is 9.58. The van der Waals surface area contributed by atoms with Crippen LogP contribution in [-0.4, -0.2) is 35.9 Å². The summed E-state index contributed by atoms with van der Waals surface area (Å²) in [7, 11) is 0. The molecule has 6 heteroatoms. The highest BCUT2D eigenvalue weighted by Crippen LogP contribution is 2.19. The van der Waals surface area contributed by atoms with E-state index in [1.807, 2.05) is 30.3 Å². The number of carbonyl (C=O) groups excluding carboxylic acids is 3. The topological polar surface area (TPSA) is 85.5 Å². The van der Waals surface area contributed by atoms with Crippen molar-refractivity contribution in [3.63, 3.8) is 0 Å². The summed E-state index contributed by atoms with van der Waals surface area (Å²) in [6.07, 6.45) is 0.760. The lowest BCUT2D eigenvalue weighted by Gasteiger charge is -2.05. The van der Waals surface area contributed by atoms with E-state index in [9.17, 15) is 14.4 Å². The molecule has 138 valence electrons. The zero-order valence-corrected chi connectivity index (χ0v) is 15.3. The Morgan fingerprint density at radius 2 is 1.73 bits per heavy atom. The van der Waals surface area contributed by atoms with Crippen LogP contribution in [0.4, 0.5) is 0 Å². The van der Waals surface area contributed by atoms with Gasteiger partial charge < -0.3 is 14.5 Å². The van der Waals surface area contributed by atoms with E-state index < -0.39 is 11.9 Å². The molecule has 0 saturated heterocycles. The minimum Gasteiger partial charge on any atom is -0.462 e. The molecule has 0 aliphatic rings. The lowest BCUT2D eigenvalue weighted by atomic mass is 10.1. The van der Waals surface area contributed by atoms with Gasteiger partial charge in [-0.2, -0.15) is 0 Å². The number of carbonyl (C=O) groups is 3. The number of hydrogen-bond acceptors (Lipinski definition) is 5. The van der Waals surface area contributed by atoms with Crippen LogP contribution >= 0.6 is 0 Å². The van der Waals surface area contributed by atoms with E-state index in [1.54, 1.807) is 20.8 Å². The molecule has 0 bridgehead atoms. The molecule has 0 fully saturated rings. The molecule has 2 rings (SSSR count). The standard InChI is InChI=1S/C20H23NO5/c1-4-25-20(24)18-13(2)19(21-14(18)3)16(22)12-26-17(23)11-10-15-8-6-5-7-9-15/h5-9,21H,4,10-12H2,1-3H3. The third kappa shape index (κ3) is 4.81. The zero-order valence-electron chi connectivity index (χ0n) is 15.3. The number of aromatic nitrogens is 1. The number of nitrogens with one attached hydrogen (secondary N) is 1. The first kappa shape index (κ1) is 19.4. The molecule has 0 saturated carbocycles. The molecule has 1 heterocycles. The van der Waals surface area contributed by atoms with Gasteiger partial charge in [0.2, 0.25) is 5.78 Å². The van der Waals surface area contributed by atoms with Crippen molar-refractivity contribution in [1.82, 2.24) is 4.98 Å². The first-order valence-corrected chi connectivity index (χ1v) is 8.53. The Balaban J connectivity index is 1.92. The molecular weight excluding hydrogens is 334 g/mol. The van der Waals surface area contributed by atoms with Crippen LogP contribution in [0.15, 0.2) is 30.3 Å². The van der Waals surface area contributed by atoms with Gasteiger partial charge in [-0.25, -0.2) is 4.79 Å². The van der Waals surface area contributed by atoms with Gasteiger partial charge in [-0.15, -0.1) is 0 Å². The van der Waals surface area contributed by atoms with E-state index in [4.69, 9.17) is 9.47 Å². The first-order chi connectivity index (χ1) is 12.4. The van der Waals surface area contributed by atoms with Crippen LogP contribution in [-0.2, 0) is 20.7 Å². The SMILES string of the molecule is CCOC(=O)c1c(C)[nH]c(C(=O)COC(=O)CCc2ccccc2)c1C. The first-order valence-electron chi connectivity index (χ1n) is 8.53. The third-order valence-corrected chi connectivity index (χ3v) is 4.02. The lowest BCUT2D eigenvalue weighted by Crippen LogP contribution is -2.16. The van der Waals surface area contributed by atoms with Gasteiger partial charge in [0, 0.05) is 12.1 Å². The maximum atomic E-state index is 12.3. The molecule has 6 nitrogen and oxygen atoms in total. The molecule has 1 aromatic heterocycles. The van der Waals surface area contributed by atoms with E-state index in [2.05, 4.69) is 4.98 Å². The summed E-state index contributed by atoms with van der Waals surface area (Å²) in [5.41, 5.74) is 2.71. The molecule has 0 spiro atoms. The van der Waals surface area contributed by atoms with Gasteiger partial charge in [0.15, 0.2) is 6.61 Å². The van der Waals surface area contributed by atoms with Crippen molar-refractivity contribution in [2.45, 2.75) is 33.6 Å². The Kier molecular flexibility index (Phi) is 6.72. The fraction of sp³-hybridized carbons (Fsp3) is 0.350. The van der Waals surface area contributed by atoms with Crippen LogP contribution < -0.4 is 0 Å². The minimum atomic E-state index is -0.474. The summed E-state index contributed by atoms with van der Waals surface area (Å²) in [6.45, 7) is 4.97. The number of rotatable bonds is 8. The van der Waals surface area contributed by atoms with Crippen molar-refractivity contribution in [3.05, 3.63) is 58.4 Å². The van der Waals surface area contributed by atoms with Crippen LogP contribution in [0, 0.1) is 13.8 Å². The van der Waals surface area contributed by atoms with Crippen molar-refractivity contribution < 1.29 is 23.9 Å². The van der Waals surface area contributed by atoms with Crippen LogP contribution in [0.2, 0.25) is 0 Å². The fourth-order valence-corrected chi connectivity index (χ4v) is 2.72. The molecule has 0 radical (unpaired) electrons. The maximum absolute atomic E-state index is 12.3. The Morgan fingerprint density at radius 3 is 2.38 bits per heavy atom. The normalized spacial score (nSPS) is 10.4. The Hall–Kier alpha value is -2.89. The molecule has 0 amide bonds. The zero-order chi connectivity index (χ0) is 19.1. The highest BCUT2D eigenvalue weighted by Gasteiger charge is 2.23. The van der Waals surface area contributed by atoms with Crippen molar-refractivity contribution in [2.24, 2.45) is 0 Å². The number of hydrogen-bond donors (Lipinski definition) is 1. The molecule has 0 atom stereocenters. The molecular formula is C20H23NO5. The van der Waals surface area contributed by atoms with Gasteiger partial charge in [0.25, 0.3) is 0 Å². The van der Waals surface area contributed by atoms with E-state index in [-0.39, 0.29) is 31.1 Å². The van der Waals surface area contributed by atoms with Crippen molar-refractivity contribution in [3.8, 4) is 0 Å². The second kappa shape index (κ2) is 8.99. The molecule has 1 aromatic carbocycles. The summed E-state index contributed by atoms with van der Waals surface area (Å²) in [4.78, 5) is 39.0. The number of ketones is 1. The summed E-state index contributed by atoms with van der Waals surface area (Å²) in [5, 5.41) is 0. The summed E-state index contributed by atoms with van der Waals surface area (Å²) < 4.78 is 10.1. The number of Topliss-reactive ketones (excluding diaryl/α,β-unsaturated/α-hetero) is 1. The highest BCUT2D eigenvalue weighted by atomic mass is 16.5. The molecule has 0 aliphatic carbocycles. The molecule has 2 aromatic rings. The van der Waals surface area contributed by atoms with Gasteiger partial charge in [-0.1, -0.05) is 30.3 Å². The number of aryl methyl sites for hydroxylation is 2. The smallest absolute Gasteiger partial charge is 0.340 e. The van der Waals surface area contributed by atoms with Gasteiger partial charge in [0.1, 0.15) is 0 Å². The number of esters is 2. The van der Waals surface area contributed by atoms with E-state index in [1.165, 1.54) is 0 Å². The molecule has 26 heavy (non-hydrogen) atoms. The monoisotopic (exact) mass is 357 g/mol. The molecule has 0 aliphatic heterocycles. The van der Waals surface area contributed by atoms with Crippen molar-refractivity contribution >= 4 is 17.7 Å². The van der Waals surface area contributed by atoms with Gasteiger partial charge in [-0.3, -0.25) is 9.59 Å². The predicted octanol–water partition coefficient (Wildman–Crippen LogP) is 3.17. The fourth-order valence-electron chi connectivity index (χ4n) is 2.72. The highest BCUT2D eigenvalue weighted by molar-refractivity contribution is 6.02. The van der Waals surface area contributed by atoms with E-state index in [0.29, 0.717) is 23.2 Å². The number of benzene rings is 1. The minimum absolute atomic E-state index is 0.202. The van der Waals surface area contributed by atoms with Gasteiger partial charge in [-0.05, 0) is 38.3 Å². The summed E-state index contributed by atoms with van der Waals surface area (Å²) in [5.74, 6) is -1.29. The van der Waals surface area contributed by atoms with Crippen LogP contribution in [0.3, 0.4) is 0 Å². The van der Waals surface area contributed by atoms with E-state index >= 15 is 0 Å². The number of H-pyrrole nitrogens is 1. The second-order valence-electron chi connectivity index (χ2n) is 5.91. The van der Waals surface area contributed by atoms with Crippen LogP contribution in [0.5, 0.6) is 0 Å². The number of ether oxygens (including phenoxy) is 2. The van der Waals surface area contributed by atoms with Gasteiger partial charge >= 0.3 is 11.9 Å². The van der Waals surface area contributed by atoms with E-state index in [0.717, 1.165) is 5.56 Å². The Morgan fingerprint density at radius 1 is 1.04 bits per heavy atom. The predicted molar refractivity (Wildman–Crippen MR) is 96.3 cm³/mol. The average Bonchev–Trinajstić information content (AvgIpc) is 2.93. The Bertz CT molecular complexity index is 792. The van der Waals surface area contributed by atoms with Crippen molar-refractivity contribution in [1.29, 1.82) is 0 Å². The second-order valence-corrected chi connectivity index (χ2v) is 5.91. The largest absolute Gasteiger partial charge is 0.462 e. The lowest BCUT2D eigenvalue weighted by molar-refractivity contribution is -0.142. The molecule has 0 unspecified atom stereocenters. The summed E-state index contributed by atoms with van der Waals surface area (Å²) >= 11 is 0. The van der Waals surface area contributed by atoms with Crippen LogP contribution in [0.1, 0.15) is 51.0 Å². The Labute approximate surface area is 152 Å². The van der Waals surface area contributed by atoms with Crippen molar-refractivity contribution in [2.75, 3.05) is 13.2 Å².